The van der Waals surface area contributed by atoms with Crippen molar-refractivity contribution in [1.82, 2.24) is 4.90 Å². The Labute approximate surface area is 112 Å². The maximum atomic E-state index is 10.9. The topological polar surface area (TPSA) is 72.6 Å². The van der Waals surface area contributed by atoms with E-state index >= 15 is 0 Å². The summed E-state index contributed by atoms with van der Waals surface area (Å²) < 4.78 is 5.37. The quantitative estimate of drug-likeness (QED) is 0.758. The number of carbonyl (C=O) groups is 2. The lowest BCUT2D eigenvalue weighted by Gasteiger charge is -2.35. The average Bonchev–Trinajstić information content (AvgIpc) is 2.85. The number of benzene rings is 1. The molecule has 2 N–H and O–H groups in total. The third-order valence-corrected chi connectivity index (χ3v) is 3.80. The molecule has 2 rings (SSSR count). The number of likely N-dealkylation sites (tertiary alicyclic amines) is 1. The van der Waals surface area contributed by atoms with Gasteiger partial charge in [0, 0.05) is 25.4 Å². The highest BCUT2D eigenvalue weighted by molar-refractivity contribution is 5.49. The predicted octanol–water partition coefficient (Wildman–Crippen LogP) is 0.503. The van der Waals surface area contributed by atoms with Gasteiger partial charge in [0.25, 0.3) is 6.47 Å². The zero-order valence-electron chi connectivity index (χ0n) is 10.7. The fourth-order valence-corrected chi connectivity index (χ4v) is 2.82. The van der Waals surface area contributed by atoms with Gasteiger partial charge in [-0.1, -0.05) is 30.3 Å². The van der Waals surface area contributed by atoms with E-state index < -0.39 is 5.60 Å². The Morgan fingerprint density at radius 3 is 2.63 bits per heavy atom. The van der Waals surface area contributed by atoms with E-state index in [1.54, 1.807) is 4.90 Å². The van der Waals surface area contributed by atoms with Crippen LogP contribution >= 0.6 is 0 Å². The lowest BCUT2D eigenvalue weighted by atomic mass is 9.81. The van der Waals surface area contributed by atoms with Crippen LogP contribution in [0.5, 0.6) is 0 Å². The summed E-state index contributed by atoms with van der Waals surface area (Å²) >= 11 is 0. The van der Waals surface area contributed by atoms with Crippen LogP contribution in [0.25, 0.3) is 0 Å². The minimum absolute atomic E-state index is 0.108. The van der Waals surface area contributed by atoms with Crippen molar-refractivity contribution in [1.29, 1.82) is 0 Å². The van der Waals surface area contributed by atoms with Crippen LogP contribution in [0.4, 0.5) is 0 Å². The third kappa shape index (κ3) is 2.61. The summed E-state index contributed by atoms with van der Waals surface area (Å²) in [7, 11) is 0. The second-order valence-electron chi connectivity index (χ2n) is 4.80. The molecule has 1 amide bonds. The molecule has 0 radical (unpaired) electrons. The monoisotopic (exact) mass is 262 g/mol. The van der Waals surface area contributed by atoms with Gasteiger partial charge in [-0.25, -0.2) is 0 Å². The highest BCUT2D eigenvalue weighted by atomic mass is 16.5. The van der Waals surface area contributed by atoms with Crippen molar-refractivity contribution >= 4 is 12.9 Å². The van der Waals surface area contributed by atoms with E-state index in [1.165, 1.54) is 0 Å². The zero-order chi connectivity index (χ0) is 13.7. The Hall–Kier alpha value is -1.88. The van der Waals surface area contributed by atoms with Gasteiger partial charge in [0.05, 0.1) is 6.54 Å². The van der Waals surface area contributed by atoms with Gasteiger partial charge in [0.2, 0.25) is 6.41 Å². The first-order chi connectivity index (χ1) is 9.25. The van der Waals surface area contributed by atoms with Crippen LogP contribution in [-0.4, -0.2) is 43.0 Å². The molecule has 102 valence electrons. The Bertz CT molecular complexity index is 438. The third-order valence-electron chi connectivity index (χ3n) is 3.80. The minimum atomic E-state index is -0.710. The lowest BCUT2D eigenvalue weighted by molar-refractivity contribution is -0.145. The molecule has 0 saturated carbocycles. The first-order valence-corrected chi connectivity index (χ1v) is 6.31. The van der Waals surface area contributed by atoms with Gasteiger partial charge < -0.3 is 15.4 Å². The van der Waals surface area contributed by atoms with E-state index in [0.29, 0.717) is 32.5 Å². The van der Waals surface area contributed by atoms with Crippen molar-refractivity contribution in [3.8, 4) is 0 Å². The van der Waals surface area contributed by atoms with E-state index in [1.807, 2.05) is 30.3 Å². The molecule has 0 spiro atoms. The average molecular weight is 262 g/mol. The van der Waals surface area contributed by atoms with Crippen molar-refractivity contribution < 1.29 is 14.3 Å². The molecule has 0 aliphatic carbocycles. The van der Waals surface area contributed by atoms with Crippen LogP contribution in [-0.2, 0) is 14.3 Å². The number of nitrogens with zero attached hydrogens (tertiary/aromatic N) is 1. The van der Waals surface area contributed by atoms with Crippen molar-refractivity contribution in [3.63, 3.8) is 0 Å². The molecule has 0 bridgehead atoms. The number of hydrogen-bond donors (Lipinski definition) is 1. The van der Waals surface area contributed by atoms with Crippen molar-refractivity contribution in [2.45, 2.75) is 17.9 Å². The van der Waals surface area contributed by atoms with Crippen LogP contribution in [0, 0.1) is 0 Å². The first-order valence-electron chi connectivity index (χ1n) is 6.31. The number of ether oxygens (including phenoxy) is 1. The van der Waals surface area contributed by atoms with Gasteiger partial charge in [-0.2, -0.15) is 0 Å². The van der Waals surface area contributed by atoms with Crippen molar-refractivity contribution in [2.24, 2.45) is 5.73 Å². The Morgan fingerprint density at radius 2 is 2.11 bits per heavy atom. The molecular weight excluding hydrogens is 244 g/mol. The minimum Gasteiger partial charge on any atom is -0.459 e. The summed E-state index contributed by atoms with van der Waals surface area (Å²) in [6.45, 7) is 1.80. The molecule has 0 aromatic heterocycles. The van der Waals surface area contributed by atoms with Crippen LogP contribution in [0.2, 0.25) is 0 Å². The molecule has 1 aromatic carbocycles. The molecule has 1 aliphatic heterocycles. The van der Waals surface area contributed by atoms with E-state index in [9.17, 15) is 9.59 Å². The van der Waals surface area contributed by atoms with Gasteiger partial charge >= 0.3 is 0 Å². The second-order valence-corrected chi connectivity index (χ2v) is 4.80. The standard InChI is InChI=1S/C14H18N2O3/c15-8-13(12-4-2-1-3-5-12)14(19-11-18)6-7-16(9-14)10-17/h1-5,10-11,13H,6-9,15H2. The predicted molar refractivity (Wildman–Crippen MR) is 70.4 cm³/mol. The normalized spacial score (nSPS) is 23.9. The summed E-state index contributed by atoms with van der Waals surface area (Å²) in [6, 6.07) is 9.73. The smallest absolute Gasteiger partial charge is 0.293 e. The number of amides is 1. The summed E-state index contributed by atoms with van der Waals surface area (Å²) in [5, 5.41) is 0. The molecule has 2 unspecified atom stereocenters. The van der Waals surface area contributed by atoms with E-state index in [2.05, 4.69) is 0 Å². The van der Waals surface area contributed by atoms with E-state index in [-0.39, 0.29) is 5.92 Å². The van der Waals surface area contributed by atoms with Crippen LogP contribution in [0.3, 0.4) is 0 Å². The zero-order valence-corrected chi connectivity index (χ0v) is 10.7. The molecule has 1 heterocycles. The van der Waals surface area contributed by atoms with Gasteiger partial charge in [-0.05, 0) is 5.56 Å². The molecule has 2 atom stereocenters. The molecule has 5 nitrogen and oxygen atoms in total. The summed E-state index contributed by atoms with van der Waals surface area (Å²) in [5.74, 6) is -0.108. The second kappa shape index (κ2) is 5.84. The van der Waals surface area contributed by atoms with E-state index in [4.69, 9.17) is 10.5 Å². The first kappa shape index (κ1) is 13.5. The SMILES string of the molecule is NCC(c1ccccc1)C1(OC=O)CCN(C=O)C1. The molecule has 1 saturated heterocycles. The summed E-state index contributed by atoms with van der Waals surface area (Å²) in [6.07, 6.45) is 1.40. The number of hydrogen-bond acceptors (Lipinski definition) is 4. The highest BCUT2D eigenvalue weighted by Crippen LogP contribution is 2.37. The highest BCUT2D eigenvalue weighted by Gasteiger charge is 2.46. The fraction of sp³-hybridized carbons (Fsp3) is 0.429. The van der Waals surface area contributed by atoms with Gasteiger partial charge in [0.1, 0.15) is 5.60 Å². The van der Waals surface area contributed by atoms with Gasteiger partial charge in [-0.3, -0.25) is 9.59 Å². The summed E-state index contributed by atoms with van der Waals surface area (Å²) in [4.78, 5) is 23.4. The van der Waals surface area contributed by atoms with Crippen molar-refractivity contribution in [3.05, 3.63) is 35.9 Å². The maximum absolute atomic E-state index is 10.9. The van der Waals surface area contributed by atoms with Crippen LogP contribution in [0.1, 0.15) is 17.9 Å². The van der Waals surface area contributed by atoms with Crippen molar-refractivity contribution in [2.75, 3.05) is 19.6 Å². The number of carbonyl (C=O) groups excluding carboxylic acids is 2. The maximum Gasteiger partial charge on any atom is 0.293 e. The van der Waals surface area contributed by atoms with Gasteiger partial charge in [-0.15, -0.1) is 0 Å². The Kier molecular flexibility index (Phi) is 4.16. The molecule has 1 aliphatic rings. The largest absolute Gasteiger partial charge is 0.459 e. The fourth-order valence-electron chi connectivity index (χ4n) is 2.82. The van der Waals surface area contributed by atoms with Crippen LogP contribution < -0.4 is 5.73 Å². The van der Waals surface area contributed by atoms with E-state index in [0.717, 1.165) is 12.0 Å². The molecule has 19 heavy (non-hydrogen) atoms. The molecule has 5 heteroatoms. The number of nitrogens with two attached hydrogens (primary N) is 1. The molecule has 1 fully saturated rings. The summed E-state index contributed by atoms with van der Waals surface area (Å²) in [5.41, 5.74) is 6.20. The lowest BCUT2D eigenvalue weighted by Crippen LogP contribution is -2.45. The molecular formula is C14H18N2O3. The molecule has 1 aromatic rings. The Balaban J connectivity index is 2.31. The van der Waals surface area contributed by atoms with Crippen LogP contribution in [0.15, 0.2) is 30.3 Å². The Morgan fingerprint density at radius 1 is 1.37 bits per heavy atom. The number of rotatable bonds is 6. The van der Waals surface area contributed by atoms with Gasteiger partial charge in [0.15, 0.2) is 0 Å².